The van der Waals surface area contributed by atoms with Gasteiger partial charge in [0.15, 0.2) is 5.65 Å². The molecule has 0 aliphatic heterocycles. The zero-order valence-electron chi connectivity index (χ0n) is 18.7. The molecule has 0 aliphatic rings. The van der Waals surface area contributed by atoms with Gasteiger partial charge in [-0.1, -0.05) is 56.4 Å². The van der Waals surface area contributed by atoms with Crippen LogP contribution in [0.4, 0.5) is 14.5 Å². The Balaban J connectivity index is 1.97. The fourth-order valence-corrected chi connectivity index (χ4v) is 4.37. The molecular formula is C21H23F2N5O3S2. The Bertz CT molecular complexity index is 1330. The van der Waals surface area contributed by atoms with Gasteiger partial charge in [0.05, 0.1) is 11.4 Å². The third kappa shape index (κ3) is 5.44. The van der Waals surface area contributed by atoms with Crippen LogP contribution in [0.25, 0.3) is 11.0 Å². The highest BCUT2D eigenvalue weighted by molar-refractivity contribution is 8.00. The van der Waals surface area contributed by atoms with Crippen molar-refractivity contribution >= 4 is 46.2 Å². The van der Waals surface area contributed by atoms with E-state index < -0.39 is 28.3 Å². The summed E-state index contributed by atoms with van der Waals surface area (Å²) in [6.07, 6.45) is 0. The number of nitrogens with zero attached hydrogens (tertiary/aromatic N) is 4. The van der Waals surface area contributed by atoms with E-state index in [1.54, 1.807) is 12.1 Å². The molecule has 3 aromatic rings. The van der Waals surface area contributed by atoms with Crippen molar-refractivity contribution in [3.05, 3.63) is 50.9 Å². The SMILES string of the molecule is Cn1c(=O)c2c(SCC(=O)Nc3ccccc3SC(F)F)nc(C(C)(C)C)nc2n(C)c1=O. The van der Waals surface area contributed by atoms with E-state index in [0.29, 0.717) is 17.6 Å². The molecule has 1 amide bonds. The number of carbonyl (C=O) groups is 1. The standard InChI is InChI=1S/C21H23F2N5O3S2/c1-21(2,3)18-25-15-14(17(30)28(5)20(31)27(15)4)16(26-18)32-10-13(29)24-11-8-6-7-9-12(11)33-19(22)23/h6-9,19H,10H2,1-5H3,(H,24,29). The average Bonchev–Trinajstić information content (AvgIpc) is 2.74. The number of para-hydroxylation sites is 1. The number of thioether (sulfide) groups is 2. The largest absolute Gasteiger partial charge is 0.332 e. The highest BCUT2D eigenvalue weighted by atomic mass is 32.2. The second kappa shape index (κ2) is 9.64. The Morgan fingerprint density at radius 3 is 2.42 bits per heavy atom. The van der Waals surface area contributed by atoms with Crippen LogP contribution in [0.15, 0.2) is 43.8 Å². The molecule has 0 radical (unpaired) electrons. The Morgan fingerprint density at radius 2 is 1.79 bits per heavy atom. The van der Waals surface area contributed by atoms with Crippen LogP contribution in [0.2, 0.25) is 0 Å². The third-order valence-corrected chi connectivity index (χ3v) is 6.42. The zero-order chi connectivity index (χ0) is 24.5. The van der Waals surface area contributed by atoms with E-state index >= 15 is 0 Å². The maximum Gasteiger partial charge on any atom is 0.332 e. The molecule has 0 saturated carbocycles. The Hall–Kier alpha value is -2.73. The Labute approximate surface area is 196 Å². The van der Waals surface area contributed by atoms with E-state index in [4.69, 9.17) is 0 Å². The second-order valence-corrected chi connectivity index (χ2v) is 10.2. The van der Waals surface area contributed by atoms with Crippen LogP contribution in [0, 0.1) is 0 Å². The number of carbonyl (C=O) groups excluding carboxylic acids is 1. The Morgan fingerprint density at radius 1 is 1.12 bits per heavy atom. The highest BCUT2D eigenvalue weighted by Crippen LogP contribution is 2.32. The van der Waals surface area contributed by atoms with Gasteiger partial charge in [-0.3, -0.25) is 18.7 Å². The molecule has 3 rings (SSSR count). The monoisotopic (exact) mass is 495 g/mol. The first-order valence-electron chi connectivity index (χ1n) is 9.85. The van der Waals surface area contributed by atoms with Crippen molar-refractivity contribution in [1.29, 1.82) is 0 Å². The van der Waals surface area contributed by atoms with E-state index in [9.17, 15) is 23.2 Å². The van der Waals surface area contributed by atoms with E-state index in [-0.39, 0.29) is 32.4 Å². The third-order valence-electron chi connectivity index (χ3n) is 4.65. The molecule has 12 heteroatoms. The van der Waals surface area contributed by atoms with E-state index in [2.05, 4.69) is 15.3 Å². The van der Waals surface area contributed by atoms with Gasteiger partial charge in [-0.15, -0.1) is 0 Å². The van der Waals surface area contributed by atoms with Gasteiger partial charge in [-0.25, -0.2) is 14.8 Å². The number of halogens is 2. The van der Waals surface area contributed by atoms with Gasteiger partial charge >= 0.3 is 5.69 Å². The number of alkyl halides is 2. The number of amides is 1. The predicted octanol–water partition coefficient (Wildman–Crippen LogP) is 3.37. The smallest absolute Gasteiger partial charge is 0.324 e. The lowest BCUT2D eigenvalue weighted by Gasteiger charge is -2.19. The maximum absolute atomic E-state index is 12.8. The van der Waals surface area contributed by atoms with Crippen LogP contribution in [0.1, 0.15) is 26.6 Å². The van der Waals surface area contributed by atoms with E-state index in [1.807, 2.05) is 20.8 Å². The highest BCUT2D eigenvalue weighted by Gasteiger charge is 2.24. The molecule has 8 nitrogen and oxygen atoms in total. The lowest BCUT2D eigenvalue weighted by molar-refractivity contribution is -0.113. The van der Waals surface area contributed by atoms with Crippen LogP contribution in [-0.4, -0.2) is 36.5 Å². The summed E-state index contributed by atoms with van der Waals surface area (Å²) in [5.41, 5.74) is -1.10. The van der Waals surface area contributed by atoms with Crippen molar-refractivity contribution in [2.45, 2.75) is 41.9 Å². The summed E-state index contributed by atoms with van der Waals surface area (Å²) in [5, 5.41) is 3.04. The van der Waals surface area contributed by atoms with Crippen LogP contribution in [0.3, 0.4) is 0 Å². The number of aryl methyl sites for hydroxylation is 1. The van der Waals surface area contributed by atoms with Gasteiger partial charge in [0.1, 0.15) is 16.2 Å². The zero-order valence-corrected chi connectivity index (χ0v) is 20.3. The lowest BCUT2D eigenvalue weighted by atomic mass is 9.96. The minimum Gasteiger partial charge on any atom is -0.324 e. The first-order valence-corrected chi connectivity index (χ1v) is 11.7. The first kappa shape index (κ1) is 24.9. The predicted molar refractivity (Wildman–Crippen MR) is 126 cm³/mol. The van der Waals surface area contributed by atoms with Gasteiger partial charge < -0.3 is 5.32 Å². The van der Waals surface area contributed by atoms with Crippen molar-refractivity contribution in [1.82, 2.24) is 19.1 Å². The van der Waals surface area contributed by atoms with Crippen LogP contribution in [-0.2, 0) is 24.3 Å². The van der Waals surface area contributed by atoms with Crippen LogP contribution in [0.5, 0.6) is 0 Å². The summed E-state index contributed by atoms with van der Waals surface area (Å²) >= 11 is 1.36. The van der Waals surface area contributed by atoms with Crippen LogP contribution < -0.4 is 16.6 Å². The van der Waals surface area contributed by atoms with Crippen molar-refractivity contribution in [2.75, 3.05) is 11.1 Å². The fourth-order valence-electron chi connectivity index (χ4n) is 2.96. The number of nitrogens with one attached hydrogen (secondary N) is 1. The maximum atomic E-state index is 12.8. The summed E-state index contributed by atoms with van der Waals surface area (Å²) in [7, 11) is 2.88. The molecule has 0 bridgehead atoms. The molecule has 0 aliphatic carbocycles. The molecule has 0 atom stereocenters. The topological polar surface area (TPSA) is 98.9 Å². The van der Waals surface area contributed by atoms with Crippen molar-refractivity contribution in [3.8, 4) is 0 Å². The van der Waals surface area contributed by atoms with Gasteiger partial charge in [-0.05, 0) is 12.1 Å². The Kier molecular flexibility index (Phi) is 7.27. The molecule has 0 unspecified atom stereocenters. The quantitative estimate of drug-likeness (QED) is 0.414. The molecular weight excluding hydrogens is 472 g/mol. The molecule has 1 N–H and O–H groups in total. The summed E-state index contributed by atoms with van der Waals surface area (Å²) < 4.78 is 27.8. The van der Waals surface area contributed by atoms with Crippen molar-refractivity contribution in [2.24, 2.45) is 14.1 Å². The molecule has 1 aromatic carbocycles. The van der Waals surface area contributed by atoms with Crippen LogP contribution >= 0.6 is 23.5 Å². The summed E-state index contributed by atoms with van der Waals surface area (Å²) in [6.45, 7) is 5.68. The molecule has 0 spiro atoms. The summed E-state index contributed by atoms with van der Waals surface area (Å²) in [4.78, 5) is 47.1. The van der Waals surface area contributed by atoms with Gasteiger partial charge in [0.25, 0.3) is 11.3 Å². The number of hydrogen-bond acceptors (Lipinski definition) is 7. The van der Waals surface area contributed by atoms with Crippen molar-refractivity contribution < 1.29 is 13.6 Å². The number of hydrogen-bond donors (Lipinski definition) is 1. The normalized spacial score (nSPS) is 11.9. The van der Waals surface area contributed by atoms with Gasteiger partial charge in [-0.2, -0.15) is 8.78 Å². The number of rotatable bonds is 6. The first-order chi connectivity index (χ1) is 15.4. The van der Waals surface area contributed by atoms with E-state index in [1.165, 1.54) is 30.8 Å². The minimum atomic E-state index is -2.62. The van der Waals surface area contributed by atoms with Crippen molar-refractivity contribution in [3.63, 3.8) is 0 Å². The number of benzene rings is 1. The summed E-state index contributed by atoms with van der Waals surface area (Å²) in [6, 6.07) is 6.28. The molecule has 2 aromatic heterocycles. The van der Waals surface area contributed by atoms with Gasteiger partial charge in [0, 0.05) is 24.4 Å². The minimum absolute atomic E-state index is 0.130. The lowest BCUT2D eigenvalue weighted by Crippen LogP contribution is -2.38. The second-order valence-electron chi connectivity index (χ2n) is 8.22. The fraction of sp³-hybridized carbons (Fsp3) is 0.381. The van der Waals surface area contributed by atoms with Gasteiger partial charge in [0.2, 0.25) is 5.91 Å². The summed E-state index contributed by atoms with van der Waals surface area (Å²) in [5.74, 6) is -2.79. The average molecular weight is 496 g/mol. The number of anilines is 1. The number of aromatic nitrogens is 4. The molecule has 33 heavy (non-hydrogen) atoms. The number of fused-ring (bicyclic) bond motifs is 1. The molecule has 0 saturated heterocycles. The van der Waals surface area contributed by atoms with E-state index in [0.717, 1.165) is 16.3 Å². The molecule has 176 valence electrons. The molecule has 0 fully saturated rings. The molecule has 2 heterocycles.